The molecule has 1 aromatic heterocycles. The fourth-order valence-electron chi connectivity index (χ4n) is 1.15. The topological polar surface area (TPSA) is 53.1 Å². The largest absolute Gasteiger partial charge is 0.478 e. The molecule has 0 radical (unpaired) electrons. The zero-order valence-corrected chi connectivity index (χ0v) is 7.09. The first-order valence-electron chi connectivity index (χ1n) is 5.92. The molecule has 70 valence electrons. The number of H-pyrrole nitrogens is 1. The molecule has 0 amide bonds. The van der Waals surface area contributed by atoms with Gasteiger partial charge in [-0.1, -0.05) is 18.1 Å². The summed E-state index contributed by atoms with van der Waals surface area (Å²) in [5.74, 6) is -1.12. The number of rotatable bonds is 2. The molecular formula is C11H9NO2. The molecule has 0 fully saturated rings. The van der Waals surface area contributed by atoms with Gasteiger partial charge in [0, 0.05) is 23.2 Å². The van der Waals surface area contributed by atoms with Crippen LogP contribution in [-0.4, -0.2) is 16.1 Å². The van der Waals surface area contributed by atoms with Gasteiger partial charge in [-0.25, -0.2) is 4.79 Å². The van der Waals surface area contributed by atoms with Crippen molar-refractivity contribution in [1.29, 1.82) is 0 Å². The molecule has 3 nitrogen and oxygen atoms in total. The summed E-state index contributed by atoms with van der Waals surface area (Å²) in [6, 6.07) is -1.00. The number of hydrogen-bond acceptors (Lipinski definition) is 1. The Balaban J connectivity index is 2.77. The highest BCUT2D eigenvalue weighted by molar-refractivity contribution is 5.93. The number of carboxylic acids is 1. The van der Waals surface area contributed by atoms with Gasteiger partial charge in [0.2, 0.25) is 0 Å². The van der Waals surface area contributed by atoms with Crippen LogP contribution in [-0.2, 0) is 4.79 Å². The van der Waals surface area contributed by atoms with Crippen LogP contribution in [0.1, 0.15) is 11.0 Å². The number of nitrogens with one attached hydrogen (secondary N) is 1. The van der Waals surface area contributed by atoms with Gasteiger partial charge in [-0.2, -0.15) is 0 Å². The lowest BCUT2D eigenvalue weighted by Crippen LogP contribution is -1.84. The highest BCUT2D eigenvalue weighted by Gasteiger charge is 1.98. The van der Waals surface area contributed by atoms with Crippen molar-refractivity contribution < 1.29 is 15.4 Å². The Kier molecular flexibility index (Phi) is 1.21. The molecule has 14 heavy (non-hydrogen) atoms. The van der Waals surface area contributed by atoms with Crippen LogP contribution in [0.3, 0.4) is 0 Å². The van der Waals surface area contributed by atoms with Crippen LogP contribution in [0.25, 0.3) is 17.0 Å². The summed E-state index contributed by atoms with van der Waals surface area (Å²) in [6.07, 6.45) is 3.67. The number of aliphatic carboxylic acids is 1. The Hall–Kier alpha value is -2.03. The first-order chi connectivity index (χ1) is 8.43. The highest BCUT2D eigenvalue weighted by atomic mass is 16.4. The van der Waals surface area contributed by atoms with Crippen LogP contribution in [0.4, 0.5) is 0 Å². The average molecular weight is 191 g/mol. The molecule has 2 rings (SSSR count). The second-order valence-corrected chi connectivity index (χ2v) is 2.67. The van der Waals surface area contributed by atoms with Crippen LogP contribution in [0, 0.1) is 0 Å². The first kappa shape index (κ1) is 5.00. The van der Waals surface area contributed by atoms with Crippen LogP contribution < -0.4 is 0 Å². The van der Waals surface area contributed by atoms with Crippen LogP contribution in [0.15, 0.2) is 36.4 Å². The number of benzene rings is 1. The Morgan fingerprint density at radius 2 is 2.29 bits per heavy atom. The van der Waals surface area contributed by atoms with E-state index in [1.54, 1.807) is 0 Å². The third-order valence-corrected chi connectivity index (χ3v) is 1.75. The zero-order chi connectivity index (χ0) is 13.4. The van der Waals surface area contributed by atoms with Crippen molar-refractivity contribution in [1.82, 2.24) is 4.98 Å². The Bertz CT molecular complexity index is 675. The molecule has 0 aliphatic heterocycles. The summed E-state index contributed by atoms with van der Waals surface area (Å²) in [4.78, 5) is 13.2. The van der Waals surface area contributed by atoms with Crippen molar-refractivity contribution in [3.05, 3.63) is 42.0 Å². The van der Waals surface area contributed by atoms with E-state index in [2.05, 4.69) is 4.98 Å². The predicted octanol–water partition coefficient (Wildman–Crippen LogP) is 2.27. The maximum Gasteiger partial charge on any atom is 0.328 e. The lowest BCUT2D eigenvalue weighted by molar-refractivity contribution is -0.131. The zero-order valence-electron chi connectivity index (χ0n) is 11.1. The minimum Gasteiger partial charge on any atom is -0.478 e. The molecule has 0 atom stereocenters. The molecule has 0 spiro atoms. The summed E-state index contributed by atoms with van der Waals surface area (Å²) in [6.45, 7) is 0. The lowest BCUT2D eigenvalue weighted by Gasteiger charge is -1.89. The molecule has 1 heterocycles. The van der Waals surface area contributed by atoms with E-state index >= 15 is 0 Å². The Labute approximate surface area is 86.3 Å². The maximum atomic E-state index is 10.5. The molecule has 2 aromatic rings. The maximum absolute atomic E-state index is 10.5. The van der Waals surface area contributed by atoms with E-state index in [1.807, 2.05) is 0 Å². The molecule has 1 aromatic carbocycles. The summed E-state index contributed by atoms with van der Waals surface area (Å²) >= 11 is 0. The molecular weight excluding hydrogens is 178 g/mol. The lowest BCUT2D eigenvalue weighted by atomic mass is 10.1. The Morgan fingerprint density at radius 1 is 1.50 bits per heavy atom. The van der Waals surface area contributed by atoms with E-state index in [1.165, 1.54) is 12.3 Å². The van der Waals surface area contributed by atoms with Gasteiger partial charge < -0.3 is 10.1 Å². The molecule has 0 aliphatic rings. The van der Waals surface area contributed by atoms with E-state index in [-0.39, 0.29) is 29.7 Å². The molecule has 2 N–H and O–H groups in total. The standard InChI is InChI=1S/C11H9NO2/c13-11(14)6-5-8-7-12-10-4-2-1-3-9(8)10/h1-7,12H,(H,13,14)/i1D,2D,3D,4D. The van der Waals surface area contributed by atoms with Gasteiger partial charge in [0.05, 0.1) is 5.48 Å². The van der Waals surface area contributed by atoms with Crippen LogP contribution in [0.5, 0.6) is 0 Å². The van der Waals surface area contributed by atoms with Gasteiger partial charge >= 0.3 is 5.97 Å². The van der Waals surface area contributed by atoms with Crippen molar-refractivity contribution in [2.45, 2.75) is 0 Å². The van der Waals surface area contributed by atoms with Gasteiger partial charge in [-0.3, -0.25) is 0 Å². The fourth-order valence-corrected chi connectivity index (χ4v) is 1.15. The monoisotopic (exact) mass is 191 g/mol. The number of carboxylic acid groups (broad SMARTS) is 1. The molecule has 0 bridgehead atoms. The predicted molar refractivity (Wildman–Crippen MR) is 55.0 cm³/mol. The normalized spacial score (nSPS) is 15.1. The molecule has 0 aliphatic carbocycles. The van der Waals surface area contributed by atoms with Crippen molar-refractivity contribution >= 4 is 22.9 Å². The van der Waals surface area contributed by atoms with E-state index in [4.69, 9.17) is 10.6 Å². The van der Waals surface area contributed by atoms with Crippen molar-refractivity contribution in [2.75, 3.05) is 0 Å². The minimum absolute atomic E-state index is 0.166. The minimum atomic E-state index is -1.12. The average Bonchev–Trinajstić information content (AvgIpc) is 2.75. The van der Waals surface area contributed by atoms with Gasteiger partial charge in [0.25, 0.3) is 0 Å². The van der Waals surface area contributed by atoms with Crippen molar-refractivity contribution in [2.24, 2.45) is 0 Å². The van der Waals surface area contributed by atoms with E-state index in [0.717, 1.165) is 6.08 Å². The number of aromatic nitrogens is 1. The van der Waals surface area contributed by atoms with E-state index in [9.17, 15) is 4.79 Å². The smallest absolute Gasteiger partial charge is 0.328 e. The number of aromatic amines is 1. The van der Waals surface area contributed by atoms with Gasteiger partial charge in [-0.05, 0) is 17.7 Å². The third kappa shape index (κ3) is 1.52. The van der Waals surface area contributed by atoms with Crippen molar-refractivity contribution in [3.8, 4) is 0 Å². The fraction of sp³-hybridized carbons (Fsp3) is 0. The van der Waals surface area contributed by atoms with Crippen molar-refractivity contribution in [3.63, 3.8) is 0 Å². The van der Waals surface area contributed by atoms with Crippen LogP contribution >= 0.6 is 0 Å². The molecule has 0 saturated heterocycles. The number of fused-ring (bicyclic) bond motifs is 1. The SMILES string of the molecule is [2H]c1c([2H])c([2H])c2c(C=CC(=O)O)c[nH]c2c1[2H]. The highest BCUT2D eigenvalue weighted by Crippen LogP contribution is 2.18. The van der Waals surface area contributed by atoms with Gasteiger partial charge in [0.1, 0.15) is 0 Å². The van der Waals surface area contributed by atoms with Crippen LogP contribution in [0.2, 0.25) is 0 Å². The molecule has 0 saturated carbocycles. The third-order valence-electron chi connectivity index (χ3n) is 1.75. The first-order valence-corrected chi connectivity index (χ1v) is 3.92. The number of para-hydroxylation sites is 1. The second-order valence-electron chi connectivity index (χ2n) is 2.67. The number of hydrogen-bond donors (Lipinski definition) is 2. The van der Waals surface area contributed by atoms with E-state index in [0.29, 0.717) is 10.9 Å². The van der Waals surface area contributed by atoms with E-state index < -0.39 is 5.97 Å². The summed E-state index contributed by atoms with van der Waals surface area (Å²) in [5, 5.41) is 8.85. The number of carbonyl (C=O) groups is 1. The molecule has 0 unspecified atom stereocenters. The quantitative estimate of drug-likeness (QED) is 0.715. The summed E-state index contributed by atoms with van der Waals surface area (Å²) in [7, 11) is 0. The Morgan fingerprint density at radius 3 is 3.07 bits per heavy atom. The van der Waals surface area contributed by atoms with Gasteiger partial charge in [-0.15, -0.1) is 0 Å². The molecule has 3 heteroatoms. The van der Waals surface area contributed by atoms with Gasteiger partial charge in [0.15, 0.2) is 0 Å². The summed E-state index contributed by atoms with van der Waals surface area (Å²) < 4.78 is 30.6. The summed E-state index contributed by atoms with van der Waals surface area (Å²) in [5.41, 5.74) is 0.686. The second kappa shape index (κ2) is 3.38.